The van der Waals surface area contributed by atoms with Gasteiger partial charge in [-0.05, 0) is 36.6 Å². The van der Waals surface area contributed by atoms with E-state index in [0.717, 1.165) is 31.9 Å². The minimum Gasteiger partial charge on any atom is -0.492 e. The van der Waals surface area contributed by atoms with Crippen LogP contribution in [0.1, 0.15) is 35.1 Å². The van der Waals surface area contributed by atoms with E-state index in [4.69, 9.17) is 4.74 Å². The van der Waals surface area contributed by atoms with E-state index in [-0.39, 0.29) is 0 Å². The molecule has 1 atom stereocenters. The van der Waals surface area contributed by atoms with Crippen molar-refractivity contribution in [1.29, 1.82) is 0 Å². The van der Waals surface area contributed by atoms with Crippen molar-refractivity contribution in [2.75, 3.05) is 13.2 Å². The van der Waals surface area contributed by atoms with Crippen LogP contribution < -0.4 is 10.1 Å². The Bertz CT molecular complexity index is 621. The Morgan fingerprint density at radius 1 is 1.14 bits per heavy atom. The standard InChI is InChI=1S/C19H23NO/c1-3-20-12-16-9-6-7-14(2)19(16)21-13-17-11-15-8-4-5-10-18(15)17/h4-10,17,20H,3,11-13H2,1-2H3. The number of aryl methyl sites for hydroxylation is 1. The Kier molecular flexibility index (Phi) is 4.26. The quantitative estimate of drug-likeness (QED) is 0.869. The second-order valence-electron chi connectivity index (χ2n) is 5.75. The van der Waals surface area contributed by atoms with Crippen LogP contribution in [0.5, 0.6) is 5.75 Å². The van der Waals surface area contributed by atoms with Gasteiger partial charge in [-0.3, -0.25) is 0 Å². The molecule has 2 heteroatoms. The lowest BCUT2D eigenvalue weighted by molar-refractivity contribution is 0.270. The lowest BCUT2D eigenvalue weighted by Gasteiger charge is -2.30. The van der Waals surface area contributed by atoms with Gasteiger partial charge in [0.15, 0.2) is 0 Å². The van der Waals surface area contributed by atoms with Crippen LogP contribution >= 0.6 is 0 Å². The van der Waals surface area contributed by atoms with Crippen LogP contribution in [0.2, 0.25) is 0 Å². The molecule has 110 valence electrons. The van der Waals surface area contributed by atoms with Crippen LogP contribution in [0, 0.1) is 6.92 Å². The van der Waals surface area contributed by atoms with Crippen LogP contribution in [0.3, 0.4) is 0 Å². The maximum absolute atomic E-state index is 6.19. The van der Waals surface area contributed by atoms with Crippen molar-refractivity contribution in [2.45, 2.75) is 32.7 Å². The summed E-state index contributed by atoms with van der Waals surface area (Å²) in [4.78, 5) is 0. The SMILES string of the molecule is CCNCc1cccc(C)c1OCC1Cc2ccccc21. The van der Waals surface area contributed by atoms with E-state index in [1.807, 2.05) is 0 Å². The summed E-state index contributed by atoms with van der Waals surface area (Å²) in [5.74, 6) is 1.61. The number of fused-ring (bicyclic) bond motifs is 1. The van der Waals surface area contributed by atoms with Crippen LogP contribution in [-0.2, 0) is 13.0 Å². The van der Waals surface area contributed by atoms with E-state index in [2.05, 4.69) is 61.6 Å². The zero-order chi connectivity index (χ0) is 14.7. The summed E-state index contributed by atoms with van der Waals surface area (Å²) >= 11 is 0. The highest BCUT2D eigenvalue weighted by molar-refractivity contribution is 5.42. The minimum absolute atomic E-state index is 0.549. The van der Waals surface area contributed by atoms with Crippen molar-refractivity contribution in [3.63, 3.8) is 0 Å². The molecule has 0 aromatic heterocycles. The monoisotopic (exact) mass is 281 g/mol. The fourth-order valence-electron chi connectivity index (χ4n) is 3.01. The van der Waals surface area contributed by atoms with Crippen molar-refractivity contribution < 1.29 is 4.74 Å². The first-order chi connectivity index (χ1) is 10.3. The molecule has 0 spiro atoms. The van der Waals surface area contributed by atoms with Gasteiger partial charge in [0.2, 0.25) is 0 Å². The van der Waals surface area contributed by atoms with Gasteiger partial charge in [-0.25, -0.2) is 0 Å². The van der Waals surface area contributed by atoms with Gasteiger partial charge in [0.05, 0.1) is 6.61 Å². The zero-order valence-electron chi connectivity index (χ0n) is 12.9. The molecule has 0 amide bonds. The Morgan fingerprint density at radius 3 is 2.81 bits per heavy atom. The van der Waals surface area contributed by atoms with Crippen LogP contribution in [-0.4, -0.2) is 13.2 Å². The fourth-order valence-corrected chi connectivity index (χ4v) is 3.01. The highest BCUT2D eigenvalue weighted by atomic mass is 16.5. The number of rotatable bonds is 6. The highest BCUT2D eigenvalue weighted by Gasteiger charge is 2.26. The van der Waals surface area contributed by atoms with Gasteiger partial charge in [-0.15, -0.1) is 0 Å². The van der Waals surface area contributed by atoms with E-state index in [1.165, 1.54) is 22.3 Å². The Labute approximate surface area is 127 Å². The normalized spacial score (nSPS) is 16.2. The summed E-state index contributed by atoms with van der Waals surface area (Å²) < 4.78 is 6.19. The van der Waals surface area contributed by atoms with E-state index < -0.39 is 0 Å². The number of para-hydroxylation sites is 1. The molecular weight excluding hydrogens is 258 g/mol. The third-order valence-corrected chi connectivity index (χ3v) is 4.25. The molecule has 0 fully saturated rings. The Hall–Kier alpha value is -1.80. The lowest BCUT2D eigenvalue weighted by Crippen LogP contribution is -2.23. The Morgan fingerprint density at radius 2 is 2.00 bits per heavy atom. The number of benzene rings is 2. The predicted molar refractivity (Wildman–Crippen MR) is 86.9 cm³/mol. The first kappa shape index (κ1) is 14.2. The third-order valence-electron chi connectivity index (χ3n) is 4.25. The maximum atomic E-state index is 6.19. The van der Waals surface area contributed by atoms with Crippen molar-refractivity contribution >= 4 is 0 Å². The lowest BCUT2D eigenvalue weighted by atomic mass is 9.78. The second-order valence-corrected chi connectivity index (χ2v) is 5.75. The van der Waals surface area contributed by atoms with E-state index in [9.17, 15) is 0 Å². The summed E-state index contributed by atoms with van der Waals surface area (Å²) in [7, 11) is 0. The van der Waals surface area contributed by atoms with E-state index in [0.29, 0.717) is 5.92 Å². The second kappa shape index (κ2) is 6.31. The average Bonchev–Trinajstić information content (AvgIpc) is 2.48. The fraction of sp³-hybridized carbons (Fsp3) is 0.368. The topological polar surface area (TPSA) is 21.3 Å². The molecule has 2 aromatic carbocycles. The molecule has 1 unspecified atom stereocenters. The van der Waals surface area contributed by atoms with Gasteiger partial charge >= 0.3 is 0 Å². The molecule has 0 aliphatic heterocycles. The van der Waals surface area contributed by atoms with Gasteiger partial charge in [0.25, 0.3) is 0 Å². The molecule has 2 aromatic rings. The van der Waals surface area contributed by atoms with Crippen molar-refractivity contribution in [1.82, 2.24) is 5.32 Å². The zero-order valence-corrected chi connectivity index (χ0v) is 12.9. The number of hydrogen-bond acceptors (Lipinski definition) is 2. The van der Waals surface area contributed by atoms with Gasteiger partial charge in [0, 0.05) is 18.0 Å². The van der Waals surface area contributed by atoms with Gasteiger partial charge in [-0.1, -0.05) is 49.4 Å². The number of nitrogens with one attached hydrogen (secondary N) is 1. The first-order valence-corrected chi connectivity index (χ1v) is 7.79. The smallest absolute Gasteiger partial charge is 0.126 e. The van der Waals surface area contributed by atoms with E-state index in [1.54, 1.807) is 0 Å². The molecule has 0 saturated carbocycles. The molecule has 0 radical (unpaired) electrons. The molecule has 2 nitrogen and oxygen atoms in total. The Balaban J connectivity index is 1.68. The minimum atomic E-state index is 0.549. The summed E-state index contributed by atoms with van der Waals surface area (Å²) in [6.45, 7) is 6.88. The summed E-state index contributed by atoms with van der Waals surface area (Å²) in [6, 6.07) is 15.1. The molecule has 1 aliphatic rings. The summed E-state index contributed by atoms with van der Waals surface area (Å²) in [5.41, 5.74) is 5.41. The van der Waals surface area contributed by atoms with Crippen LogP contribution in [0.15, 0.2) is 42.5 Å². The van der Waals surface area contributed by atoms with Crippen LogP contribution in [0.25, 0.3) is 0 Å². The van der Waals surface area contributed by atoms with E-state index >= 15 is 0 Å². The van der Waals surface area contributed by atoms with Gasteiger partial charge in [-0.2, -0.15) is 0 Å². The maximum Gasteiger partial charge on any atom is 0.126 e. The van der Waals surface area contributed by atoms with Crippen molar-refractivity contribution in [2.24, 2.45) is 0 Å². The van der Waals surface area contributed by atoms with Gasteiger partial charge in [0.1, 0.15) is 5.75 Å². The molecule has 1 N–H and O–H groups in total. The highest BCUT2D eigenvalue weighted by Crippen LogP contribution is 2.35. The number of hydrogen-bond donors (Lipinski definition) is 1. The molecule has 21 heavy (non-hydrogen) atoms. The van der Waals surface area contributed by atoms with Crippen LogP contribution in [0.4, 0.5) is 0 Å². The van der Waals surface area contributed by atoms with Gasteiger partial charge < -0.3 is 10.1 Å². The summed E-state index contributed by atoms with van der Waals surface area (Å²) in [5, 5.41) is 3.38. The molecule has 0 bridgehead atoms. The van der Waals surface area contributed by atoms with Crippen molar-refractivity contribution in [3.8, 4) is 5.75 Å². The summed E-state index contributed by atoms with van der Waals surface area (Å²) in [6.07, 6.45) is 1.14. The van der Waals surface area contributed by atoms with Crippen molar-refractivity contribution in [3.05, 3.63) is 64.7 Å². The molecule has 1 aliphatic carbocycles. The molecule has 3 rings (SSSR count). The molecule has 0 heterocycles. The molecular formula is C19H23NO. The largest absolute Gasteiger partial charge is 0.492 e. The third kappa shape index (κ3) is 2.96. The first-order valence-electron chi connectivity index (χ1n) is 7.79. The molecule has 0 saturated heterocycles. The number of ether oxygens (including phenoxy) is 1. The average molecular weight is 281 g/mol. The predicted octanol–water partition coefficient (Wildman–Crippen LogP) is 3.82.